The van der Waals surface area contributed by atoms with Crippen LogP contribution in [0.5, 0.6) is 0 Å². The lowest BCUT2D eigenvalue weighted by molar-refractivity contribution is -0.123. The molecule has 6 nitrogen and oxygen atoms in total. The maximum Gasteiger partial charge on any atom is 0.251 e. The Morgan fingerprint density at radius 1 is 1.22 bits per heavy atom. The van der Waals surface area contributed by atoms with Crippen molar-refractivity contribution in [2.75, 3.05) is 19.6 Å². The number of carbonyl (C=O) groups excluding carboxylic acids is 2. The van der Waals surface area contributed by atoms with Crippen LogP contribution < -0.4 is 10.6 Å². The summed E-state index contributed by atoms with van der Waals surface area (Å²) in [5.41, 5.74) is 1.04. The molecular weight excluding hydrogens is 340 g/mol. The monoisotopic (exact) mass is 368 g/mol. The zero-order valence-electron chi connectivity index (χ0n) is 16.0. The number of amides is 2. The van der Waals surface area contributed by atoms with E-state index in [1.807, 2.05) is 31.2 Å². The first-order valence-corrected chi connectivity index (χ1v) is 9.82. The molecule has 144 valence electrons. The van der Waals surface area contributed by atoms with Crippen molar-refractivity contribution in [2.24, 2.45) is 0 Å². The fourth-order valence-corrected chi connectivity index (χ4v) is 4.08. The fourth-order valence-electron chi connectivity index (χ4n) is 4.08. The van der Waals surface area contributed by atoms with Crippen molar-refractivity contribution < 1.29 is 9.59 Å². The Bertz CT molecular complexity index is 726. The summed E-state index contributed by atoms with van der Waals surface area (Å²) in [6, 6.07) is 10.0. The summed E-state index contributed by atoms with van der Waals surface area (Å²) < 4.78 is 0. The summed E-state index contributed by atoms with van der Waals surface area (Å²) in [6.45, 7) is 3.80. The van der Waals surface area contributed by atoms with Crippen LogP contribution in [0.2, 0.25) is 0 Å². The number of carbonyl (C=O) groups is 2. The van der Waals surface area contributed by atoms with E-state index in [0.717, 1.165) is 62.7 Å². The minimum absolute atomic E-state index is 0.0264. The second kappa shape index (κ2) is 8.53. The lowest BCUT2D eigenvalue weighted by Crippen LogP contribution is -2.51. The molecule has 1 aromatic carbocycles. The van der Waals surface area contributed by atoms with E-state index in [2.05, 4.69) is 21.6 Å². The third-order valence-electron chi connectivity index (χ3n) is 5.73. The summed E-state index contributed by atoms with van der Waals surface area (Å²) in [6.07, 6.45) is 5.16. The topological polar surface area (TPSA) is 85.2 Å². The molecule has 0 bridgehead atoms. The Labute approximate surface area is 160 Å². The highest BCUT2D eigenvalue weighted by Crippen LogP contribution is 2.28. The Balaban J connectivity index is 1.44. The van der Waals surface area contributed by atoms with Crippen LogP contribution in [0.25, 0.3) is 0 Å². The second-order valence-electron chi connectivity index (χ2n) is 7.79. The van der Waals surface area contributed by atoms with Crippen LogP contribution in [0.15, 0.2) is 24.3 Å². The van der Waals surface area contributed by atoms with Crippen molar-refractivity contribution in [3.63, 3.8) is 0 Å². The third kappa shape index (κ3) is 4.86. The van der Waals surface area contributed by atoms with Gasteiger partial charge in [0.2, 0.25) is 5.91 Å². The van der Waals surface area contributed by atoms with Gasteiger partial charge in [-0.1, -0.05) is 18.2 Å². The molecule has 2 N–H and O–H groups in total. The number of benzene rings is 1. The summed E-state index contributed by atoms with van der Waals surface area (Å²) in [4.78, 5) is 26.9. The van der Waals surface area contributed by atoms with Gasteiger partial charge in [0.1, 0.15) is 5.54 Å². The Morgan fingerprint density at radius 2 is 1.89 bits per heavy atom. The molecule has 2 amide bonds. The highest BCUT2D eigenvalue weighted by Gasteiger charge is 2.35. The number of aryl methyl sites for hydroxylation is 1. The molecule has 2 aliphatic rings. The number of nitrogens with one attached hydrogen (secondary N) is 2. The molecule has 1 aromatic rings. The van der Waals surface area contributed by atoms with Gasteiger partial charge in [-0.3, -0.25) is 14.5 Å². The van der Waals surface area contributed by atoms with Crippen molar-refractivity contribution in [3.05, 3.63) is 35.4 Å². The minimum atomic E-state index is -0.656. The van der Waals surface area contributed by atoms with Gasteiger partial charge in [-0.25, -0.2) is 0 Å². The summed E-state index contributed by atoms with van der Waals surface area (Å²) in [5.74, 6) is -0.0951. The smallest absolute Gasteiger partial charge is 0.251 e. The molecule has 27 heavy (non-hydrogen) atoms. The van der Waals surface area contributed by atoms with Gasteiger partial charge in [0.15, 0.2) is 0 Å². The van der Waals surface area contributed by atoms with E-state index in [1.54, 1.807) is 0 Å². The van der Waals surface area contributed by atoms with Crippen molar-refractivity contribution in [3.8, 4) is 6.07 Å². The normalized spacial score (nSPS) is 20.0. The van der Waals surface area contributed by atoms with E-state index < -0.39 is 5.54 Å². The highest BCUT2D eigenvalue weighted by atomic mass is 16.2. The van der Waals surface area contributed by atoms with Crippen LogP contribution in [-0.2, 0) is 4.79 Å². The number of nitrogens with zero attached hydrogens (tertiary/aromatic N) is 2. The van der Waals surface area contributed by atoms with Crippen LogP contribution in [-0.4, -0.2) is 47.9 Å². The van der Waals surface area contributed by atoms with Crippen LogP contribution in [0.3, 0.4) is 0 Å². The SMILES string of the molecule is Cc1ccccc1C(=O)NC1CCN(CC(=O)NC2(C#N)CCCC2)CC1. The van der Waals surface area contributed by atoms with Crippen LogP contribution >= 0.6 is 0 Å². The quantitative estimate of drug-likeness (QED) is 0.834. The van der Waals surface area contributed by atoms with Gasteiger partial charge in [0.25, 0.3) is 5.91 Å². The number of likely N-dealkylation sites (tertiary alicyclic amines) is 1. The molecule has 3 rings (SSSR count). The summed E-state index contributed by atoms with van der Waals surface area (Å²) >= 11 is 0. The molecule has 0 atom stereocenters. The molecule has 1 aliphatic carbocycles. The van der Waals surface area contributed by atoms with Gasteiger partial charge >= 0.3 is 0 Å². The first-order chi connectivity index (χ1) is 13.0. The van der Waals surface area contributed by atoms with Crippen molar-refractivity contribution >= 4 is 11.8 Å². The first kappa shape index (κ1) is 19.4. The number of rotatable bonds is 5. The van der Waals surface area contributed by atoms with Gasteiger partial charge in [-0.15, -0.1) is 0 Å². The number of piperidine rings is 1. The average molecular weight is 368 g/mol. The number of hydrogen-bond donors (Lipinski definition) is 2. The van der Waals surface area contributed by atoms with Crippen LogP contribution in [0, 0.1) is 18.3 Å². The molecule has 6 heteroatoms. The molecule has 1 saturated heterocycles. The number of nitriles is 1. The van der Waals surface area contributed by atoms with E-state index in [-0.39, 0.29) is 17.9 Å². The molecule has 0 aromatic heterocycles. The van der Waals surface area contributed by atoms with Gasteiger partial charge in [0, 0.05) is 24.7 Å². The fraction of sp³-hybridized carbons (Fsp3) is 0.571. The van der Waals surface area contributed by atoms with E-state index in [1.165, 1.54) is 0 Å². The van der Waals surface area contributed by atoms with Crippen molar-refractivity contribution in [2.45, 2.75) is 57.0 Å². The first-order valence-electron chi connectivity index (χ1n) is 9.82. The summed E-state index contributed by atoms with van der Waals surface area (Å²) in [5, 5.41) is 15.4. The third-order valence-corrected chi connectivity index (χ3v) is 5.73. The van der Waals surface area contributed by atoms with Crippen molar-refractivity contribution in [1.29, 1.82) is 5.26 Å². The Hall–Kier alpha value is -2.39. The van der Waals surface area contributed by atoms with E-state index in [4.69, 9.17) is 0 Å². The predicted molar refractivity (Wildman–Crippen MR) is 103 cm³/mol. The predicted octanol–water partition coefficient (Wildman–Crippen LogP) is 2.14. The van der Waals surface area contributed by atoms with Gasteiger partial charge in [-0.05, 0) is 57.1 Å². The molecule has 2 fully saturated rings. The highest BCUT2D eigenvalue weighted by molar-refractivity contribution is 5.95. The largest absolute Gasteiger partial charge is 0.349 e. The molecule has 1 heterocycles. The van der Waals surface area contributed by atoms with Crippen molar-refractivity contribution in [1.82, 2.24) is 15.5 Å². The maximum absolute atomic E-state index is 12.4. The van der Waals surface area contributed by atoms with Gasteiger partial charge in [0.05, 0.1) is 12.6 Å². The minimum Gasteiger partial charge on any atom is -0.349 e. The Morgan fingerprint density at radius 3 is 2.52 bits per heavy atom. The molecule has 1 saturated carbocycles. The lowest BCUT2D eigenvalue weighted by Gasteiger charge is -2.32. The zero-order chi connectivity index (χ0) is 19.3. The van der Waals surface area contributed by atoms with Crippen LogP contribution in [0.1, 0.15) is 54.4 Å². The summed E-state index contributed by atoms with van der Waals surface area (Å²) in [7, 11) is 0. The molecule has 0 spiro atoms. The Kier molecular flexibility index (Phi) is 6.12. The number of hydrogen-bond acceptors (Lipinski definition) is 4. The van der Waals surface area contributed by atoms with E-state index >= 15 is 0 Å². The molecule has 1 aliphatic heterocycles. The second-order valence-corrected chi connectivity index (χ2v) is 7.79. The van der Waals surface area contributed by atoms with Crippen LogP contribution in [0.4, 0.5) is 0 Å². The maximum atomic E-state index is 12.4. The molecular formula is C21H28N4O2. The van der Waals surface area contributed by atoms with E-state index in [0.29, 0.717) is 6.54 Å². The van der Waals surface area contributed by atoms with E-state index in [9.17, 15) is 14.9 Å². The average Bonchev–Trinajstić information content (AvgIpc) is 3.12. The molecule has 0 radical (unpaired) electrons. The standard InChI is InChI=1S/C21H28N4O2/c1-16-6-2-3-7-18(16)20(27)23-17-8-12-25(13-9-17)14-19(26)24-21(15-22)10-4-5-11-21/h2-3,6-7,17H,4-5,8-14H2,1H3,(H,23,27)(H,24,26). The molecule has 0 unspecified atom stereocenters. The van der Waals surface area contributed by atoms with Gasteiger partial charge < -0.3 is 10.6 Å². The lowest BCUT2D eigenvalue weighted by atomic mass is 9.99. The van der Waals surface area contributed by atoms with Gasteiger partial charge in [-0.2, -0.15) is 5.26 Å². The zero-order valence-corrected chi connectivity index (χ0v) is 16.0.